The number of hydrogen-bond acceptors (Lipinski definition) is 5. The number of hydrogen-bond donors (Lipinski definition) is 3. The predicted octanol–water partition coefficient (Wildman–Crippen LogP) is 1.01. The van der Waals surface area contributed by atoms with Gasteiger partial charge in [0.15, 0.2) is 12.2 Å². The molecule has 0 radical (unpaired) electrons. The fraction of sp³-hybridized carbons (Fsp3) is 0.789. The summed E-state index contributed by atoms with van der Waals surface area (Å²) in [7, 11) is 0. The molecule has 0 aromatic carbocycles. The number of imide groups is 1. The standard InChI is InChI=1S/C19H31N3O6/c1-5-9-20-16(23)14-15(28-14)17(24)21-13(11(3)6-2)18(25)22(19(26)27)10-7-8-12(22)4/h11-15H,5-10H2,1-4H3,(H2-,20,21,23,24,26,27)/p+1/t11-,12+,13-,14-,15-,22?/m0/s1. The topological polar surface area (TPSA) is 125 Å². The Balaban J connectivity index is 2.12. The van der Waals surface area contributed by atoms with Crippen molar-refractivity contribution in [2.75, 3.05) is 13.1 Å². The van der Waals surface area contributed by atoms with E-state index in [-0.39, 0.29) is 24.4 Å². The second-order valence-corrected chi connectivity index (χ2v) is 7.84. The summed E-state index contributed by atoms with van der Waals surface area (Å²) in [5, 5.41) is 15.2. The summed E-state index contributed by atoms with van der Waals surface area (Å²) in [6.07, 6.45) is -0.324. The Morgan fingerprint density at radius 1 is 1.18 bits per heavy atom. The van der Waals surface area contributed by atoms with E-state index >= 15 is 0 Å². The first-order valence-electron chi connectivity index (χ1n) is 10.1. The van der Waals surface area contributed by atoms with E-state index in [4.69, 9.17) is 4.74 Å². The zero-order valence-electron chi connectivity index (χ0n) is 17.1. The van der Waals surface area contributed by atoms with Gasteiger partial charge in [-0.2, -0.15) is 9.28 Å². The third-order valence-electron chi connectivity index (χ3n) is 5.95. The highest BCUT2D eigenvalue weighted by molar-refractivity contribution is 5.97. The number of epoxide rings is 1. The van der Waals surface area contributed by atoms with Gasteiger partial charge in [0.25, 0.3) is 11.8 Å². The molecule has 2 aliphatic heterocycles. The number of carboxylic acid groups (broad SMARTS) is 1. The molecule has 28 heavy (non-hydrogen) atoms. The molecule has 4 amide bonds. The van der Waals surface area contributed by atoms with Crippen molar-refractivity contribution in [3.8, 4) is 0 Å². The van der Waals surface area contributed by atoms with Crippen LogP contribution in [0.3, 0.4) is 0 Å². The van der Waals surface area contributed by atoms with E-state index in [1.54, 1.807) is 13.8 Å². The molecule has 2 saturated heterocycles. The number of ether oxygens (including phenoxy) is 1. The first-order valence-corrected chi connectivity index (χ1v) is 10.1. The van der Waals surface area contributed by atoms with E-state index in [2.05, 4.69) is 10.6 Å². The van der Waals surface area contributed by atoms with E-state index in [1.807, 2.05) is 13.8 Å². The first-order chi connectivity index (χ1) is 13.2. The molecule has 0 bridgehead atoms. The molecular weight excluding hydrogens is 366 g/mol. The van der Waals surface area contributed by atoms with Gasteiger partial charge in [0.1, 0.15) is 12.1 Å². The zero-order chi connectivity index (χ0) is 21.1. The van der Waals surface area contributed by atoms with Crippen LogP contribution in [0.1, 0.15) is 53.4 Å². The molecule has 0 aliphatic carbocycles. The quantitative estimate of drug-likeness (QED) is 0.414. The fourth-order valence-corrected chi connectivity index (χ4v) is 3.81. The van der Waals surface area contributed by atoms with Crippen molar-refractivity contribution in [2.45, 2.75) is 77.7 Å². The fourth-order valence-electron chi connectivity index (χ4n) is 3.81. The maximum Gasteiger partial charge on any atom is 0.521 e. The molecule has 0 spiro atoms. The van der Waals surface area contributed by atoms with E-state index in [0.717, 1.165) is 6.42 Å². The number of nitrogens with one attached hydrogen (secondary N) is 2. The molecule has 158 valence electrons. The first kappa shape index (κ1) is 22.3. The molecule has 2 heterocycles. The second-order valence-electron chi connectivity index (χ2n) is 7.84. The van der Waals surface area contributed by atoms with Gasteiger partial charge in [0.2, 0.25) is 0 Å². The van der Waals surface area contributed by atoms with Crippen molar-refractivity contribution in [1.82, 2.24) is 10.6 Å². The molecule has 0 aromatic heterocycles. The van der Waals surface area contributed by atoms with Crippen molar-refractivity contribution in [3.63, 3.8) is 0 Å². The number of quaternary nitrogens is 1. The van der Waals surface area contributed by atoms with Crippen LogP contribution >= 0.6 is 0 Å². The summed E-state index contributed by atoms with van der Waals surface area (Å²) >= 11 is 0. The van der Waals surface area contributed by atoms with Crippen LogP contribution in [0.25, 0.3) is 0 Å². The normalized spacial score (nSPS) is 30.9. The van der Waals surface area contributed by atoms with Crippen molar-refractivity contribution in [2.24, 2.45) is 5.92 Å². The number of rotatable bonds is 8. The van der Waals surface area contributed by atoms with Gasteiger partial charge in [-0.15, -0.1) is 0 Å². The monoisotopic (exact) mass is 398 g/mol. The summed E-state index contributed by atoms with van der Waals surface area (Å²) in [4.78, 5) is 49.8. The maximum atomic E-state index is 13.3. The van der Waals surface area contributed by atoms with E-state index in [0.29, 0.717) is 25.8 Å². The Morgan fingerprint density at radius 3 is 2.32 bits per heavy atom. The maximum absolute atomic E-state index is 13.3. The van der Waals surface area contributed by atoms with E-state index in [9.17, 15) is 24.3 Å². The molecule has 2 rings (SSSR count). The summed E-state index contributed by atoms with van der Waals surface area (Å²) in [5.74, 6) is -1.65. The van der Waals surface area contributed by atoms with Gasteiger partial charge in [0.05, 0.1) is 6.54 Å². The number of likely N-dealkylation sites (tertiary alicyclic amines) is 1. The number of carbonyl (C=O) groups excluding carboxylic acids is 3. The third-order valence-corrected chi connectivity index (χ3v) is 5.95. The largest absolute Gasteiger partial charge is 0.521 e. The van der Waals surface area contributed by atoms with E-state index in [1.165, 1.54) is 0 Å². The summed E-state index contributed by atoms with van der Waals surface area (Å²) in [6, 6.07) is -1.30. The molecular formula is C19H32N3O6+. The van der Waals surface area contributed by atoms with Crippen LogP contribution in [0.15, 0.2) is 0 Å². The van der Waals surface area contributed by atoms with Crippen LogP contribution in [-0.4, -0.2) is 70.8 Å². The molecule has 6 atom stereocenters. The van der Waals surface area contributed by atoms with Crippen LogP contribution in [0, 0.1) is 5.92 Å². The number of amides is 4. The molecule has 3 N–H and O–H groups in total. The van der Waals surface area contributed by atoms with Crippen molar-refractivity contribution < 1.29 is 33.5 Å². The van der Waals surface area contributed by atoms with Gasteiger partial charge in [-0.25, -0.2) is 4.79 Å². The Kier molecular flexibility index (Phi) is 7.16. The van der Waals surface area contributed by atoms with Crippen molar-refractivity contribution in [1.29, 1.82) is 0 Å². The average Bonchev–Trinajstić information content (AvgIpc) is 3.38. The lowest BCUT2D eigenvalue weighted by Gasteiger charge is -2.34. The van der Waals surface area contributed by atoms with Crippen LogP contribution in [0.5, 0.6) is 0 Å². The minimum Gasteiger partial charge on any atom is -0.435 e. The third kappa shape index (κ3) is 4.20. The highest BCUT2D eigenvalue weighted by Gasteiger charge is 2.57. The second kappa shape index (κ2) is 9.00. The lowest BCUT2D eigenvalue weighted by atomic mass is 9.96. The molecule has 2 aliphatic rings. The van der Waals surface area contributed by atoms with Crippen molar-refractivity contribution >= 4 is 23.8 Å². The van der Waals surface area contributed by atoms with Crippen LogP contribution in [0.4, 0.5) is 4.79 Å². The molecule has 0 aromatic rings. The smallest absolute Gasteiger partial charge is 0.435 e. The Bertz CT molecular complexity index is 639. The molecule has 9 nitrogen and oxygen atoms in total. The molecule has 1 unspecified atom stereocenters. The Morgan fingerprint density at radius 2 is 1.82 bits per heavy atom. The van der Waals surface area contributed by atoms with E-state index < -0.39 is 40.6 Å². The number of nitrogens with zero attached hydrogens (tertiary/aromatic N) is 1. The van der Waals surface area contributed by atoms with Gasteiger partial charge in [-0.3, -0.25) is 9.59 Å². The highest BCUT2D eigenvalue weighted by Crippen LogP contribution is 2.31. The van der Waals surface area contributed by atoms with Gasteiger partial charge < -0.3 is 20.5 Å². The zero-order valence-corrected chi connectivity index (χ0v) is 17.1. The number of carbonyl (C=O) groups is 4. The highest BCUT2D eigenvalue weighted by atomic mass is 16.6. The van der Waals surface area contributed by atoms with Gasteiger partial charge >= 0.3 is 12.0 Å². The minimum absolute atomic E-state index is 0.222. The SMILES string of the molecule is CCCNC(=O)[C@H]1O[C@@H]1C(=O)N[C@H](C(=O)[N+]1(C(=O)O)CCC[C@H]1C)[C@@H](C)CC. The Labute approximate surface area is 165 Å². The van der Waals surface area contributed by atoms with Gasteiger partial charge in [-0.1, -0.05) is 27.2 Å². The molecule has 0 saturated carbocycles. The average molecular weight is 398 g/mol. The molecule has 9 heteroatoms. The summed E-state index contributed by atoms with van der Waals surface area (Å²) < 4.78 is 4.53. The minimum atomic E-state index is -1.18. The summed E-state index contributed by atoms with van der Waals surface area (Å²) in [6.45, 7) is 8.08. The predicted molar refractivity (Wildman–Crippen MR) is 100 cm³/mol. The lowest BCUT2D eigenvalue weighted by Crippen LogP contribution is -2.65. The van der Waals surface area contributed by atoms with Crippen LogP contribution in [0.2, 0.25) is 0 Å². The Hall–Kier alpha value is -2.00. The van der Waals surface area contributed by atoms with Crippen LogP contribution < -0.4 is 10.6 Å². The van der Waals surface area contributed by atoms with Gasteiger partial charge in [0, 0.05) is 19.4 Å². The summed E-state index contributed by atoms with van der Waals surface area (Å²) in [5.41, 5.74) is 0. The van der Waals surface area contributed by atoms with Crippen LogP contribution in [-0.2, 0) is 19.1 Å². The molecule has 2 fully saturated rings. The lowest BCUT2D eigenvalue weighted by molar-refractivity contribution is -0.793. The van der Waals surface area contributed by atoms with Crippen molar-refractivity contribution in [3.05, 3.63) is 0 Å². The van der Waals surface area contributed by atoms with Gasteiger partial charge in [-0.05, 0) is 19.3 Å².